The summed E-state index contributed by atoms with van der Waals surface area (Å²) in [7, 11) is 0. The summed E-state index contributed by atoms with van der Waals surface area (Å²) in [5, 5.41) is 9.26. The fraction of sp³-hybridized carbons (Fsp3) is 0.438. The molecule has 0 bridgehead atoms. The number of aromatic nitrogens is 3. The van der Waals surface area contributed by atoms with Gasteiger partial charge < -0.3 is 9.88 Å². The molecule has 0 spiro atoms. The van der Waals surface area contributed by atoms with Gasteiger partial charge in [-0.2, -0.15) is 18.4 Å². The predicted octanol–water partition coefficient (Wildman–Crippen LogP) is 3.39. The molecule has 1 aliphatic heterocycles. The minimum atomic E-state index is -4.42. The normalized spacial score (nSPS) is 18.5. The van der Waals surface area contributed by atoms with Crippen molar-refractivity contribution in [2.45, 2.75) is 31.9 Å². The van der Waals surface area contributed by atoms with Gasteiger partial charge in [-0.1, -0.05) is 0 Å². The third-order valence-electron chi connectivity index (χ3n) is 4.14. The van der Waals surface area contributed by atoms with Crippen LogP contribution in [-0.4, -0.2) is 28.0 Å². The molecule has 0 aromatic carbocycles. The number of aromatic amines is 1. The fourth-order valence-corrected chi connectivity index (χ4v) is 2.95. The maximum absolute atomic E-state index is 12.7. The van der Waals surface area contributed by atoms with E-state index in [0.29, 0.717) is 30.3 Å². The molecule has 24 heavy (non-hydrogen) atoms. The summed E-state index contributed by atoms with van der Waals surface area (Å²) in [6.07, 6.45) is -2.05. The monoisotopic (exact) mass is 335 g/mol. The molecule has 0 amide bonds. The second kappa shape index (κ2) is 6.15. The highest BCUT2D eigenvalue weighted by Gasteiger charge is 2.34. The number of imidazole rings is 1. The van der Waals surface area contributed by atoms with E-state index in [4.69, 9.17) is 0 Å². The quantitative estimate of drug-likeness (QED) is 0.913. The lowest BCUT2D eigenvalue weighted by Gasteiger charge is -2.33. The number of alkyl halides is 3. The van der Waals surface area contributed by atoms with Crippen LogP contribution in [0.25, 0.3) is 0 Å². The van der Waals surface area contributed by atoms with Crippen LogP contribution >= 0.6 is 0 Å². The number of nitrogens with zero attached hydrogens (tertiary/aromatic N) is 4. The molecule has 1 N–H and O–H groups in total. The molecule has 1 atom stereocenters. The first kappa shape index (κ1) is 16.3. The van der Waals surface area contributed by atoms with Crippen LogP contribution < -0.4 is 4.90 Å². The molecule has 2 aromatic heterocycles. The molecule has 2 aromatic rings. The lowest BCUT2D eigenvalue weighted by Crippen LogP contribution is -2.36. The van der Waals surface area contributed by atoms with E-state index in [-0.39, 0.29) is 5.92 Å². The van der Waals surface area contributed by atoms with Crippen LogP contribution in [0.4, 0.5) is 19.0 Å². The predicted molar refractivity (Wildman–Crippen MR) is 81.5 cm³/mol. The molecule has 3 rings (SSSR count). The van der Waals surface area contributed by atoms with E-state index >= 15 is 0 Å². The fourth-order valence-electron chi connectivity index (χ4n) is 2.95. The Labute approximate surface area is 137 Å². The number of hydrogen-bond donors (Lipinski definition) is 1. The number of nitrogens with one attached hydrogen (secondary N) is 1. The van der Waals surface area contributed by atoms with Crippen molar-refractivity contribution in [1.82, 2.24) is 15.0 Å². The molecule has 126 valence electrons. The average molecular weight is 335 g/mol. The van der Waals surface area contributed by atoms with E-state index in [1.165, 1.54) is 0 Å². The topological polar surface area (TPSA) is 68.6 Å². The summed E-state index contributed by atoms with van der Waals surface area (Å²) in [6.45, 7) is 3.04. The average Bonchev–Trinajstić information content (AvgIpc) is 3.05. The van der Waals surface area contributed by atoms with Gasteiger partial charge in [-0.25, -0.2) is 9.97 Å². The zero-order valence-electron chi connectivity index (χ0n) is 13.1. The second-order valence-corrected chi connectivity index (χ2v) is 5.90. The van der Waals surface area contributed by atoms with Gasteiger partial charge in [0.05, 0.1) is 11.8 Å². The van der Waals surface area contributed by atoms with Gasteiger partial charge in [0.1, 0.15) is 23.4 Å². The van der Waals surface area contributed by atoms with Gasteiger partial charge in [0.2, 0.25) is 0 Å². The first-order valence-corrected chi connectivity index (χ1v) is 7.63. The summed E-state index contributed by atoms with van der Waals surface area (Å²) in [6, 6.07) is 5.61. The second-order valence-electron chi connectivity index (χ2n) is 5.90. The van der Waals surface area contributed by atoms with Crippen molar-refractivity contribution in [3.8, 4) is 6.07 Å². The van der Waals surface area contributed by atoms with E-state index in [2.05, 4.69) is 21.0 Å². The van der Waals surface area contributed by atoms with E-state index in [1.54, 1.807) is 12.1 Å². The van der Waals surface area contributed by atoms with E-state index < -0.39 is 11.9 Å². The Hall–Kier alpha value is -2.56. The van der Waals surface area contributed by atoms with Crippen LogP contribution in [0.2, 0.25) is 0 Å². The van der Waals surface area contributed by atoms with Crippen molar-refractivity contribution in [2.24, 2.45) is 0 Å². The number of H-pyrrole nitrogens is 1. The van der Waals surface area contributed by atoms with Crippen LogP contribution in [0.3, 0.4) is 0 Å². The Morgan fingerprint density at radius 1 is 1.38 bits per heavy atom. The van der Waals surface area contributed by atoms with Gasteiger partial charge in [0, 0.05) is 24.7 Å². The molecule has 3 heterocycles. The van der Waals surface area contributed by atoms with Crippen LogP contribution in [0, 0.1) is 18.3 Å². The van der Waals surface area contributed by atoms with E-state index in [0.717, 1.165) is 24.7 Å². The van der Waals surface area contributed by atoms with Gasteiger partial charge in [0.15, 0.2) is 0 Å². The molecule has 5 nitrogen and oxygen atoms in total. The standard InChI is InChI=1S/C16H16F3N5/c1-10-4-5-11(7-20)15(22-10)24-6-2-3-12(9-24)14-21-8-13(23-14)16(17,18)19/h4-5,8,12H,2-3,6,9H2,1H3,(H,21,23). The third-order valence-corrected chi connectivity index (χ3v) is 4.14. The molecule has 8 heteroatoms. The van der Waals surface area contributed by atoms with E-state index in [1.807, 2.05) is 11.8 Å². The Kier molecular flexibility index (Phi) is 4.18. The number of nitriles is 1. The van der Waals surface area contributed by atoms with Gasteiger partial charge >= 0.3 is 6.18 Å². The van der Waals surface area contributed by atoms with Gasteiger partial charge in [0.25, 0.3) is 0 Å². The summed E-state index contributed by atoms with van der Waals surface area (Å²) in [5.41, 5.74) is 0.432. The molecule has 0 radical (unpaired) electrons. The molecule has 1 saturated heterocycles. The van der Waals surface area contributed by atoms with Crippen molar-refractivity contribution in [3.63, 3.8) is 0 Å². The van der Waals surface area contributed by atoms with Gasteiger partial charge in [-0.15, -0.1) is 0 Å². The summed E-state index contributed by atoms with van der Waals surface area (Å²) in [5.74, 6) is 0.770. The largest absolute Gasteiger partial charge is 0.432 e. The highest BCUT2D eigenvalue weighted by molar-refractivity contribution is 5.54. The maximum atomic E-state index is 12.7. The zero-order valence-corrected chi connectivity index (χ0v) is 13.1. The maximum Gasteiger partial charge on any atom is 0.432 e. The Morgan fingerprint density at radius 3 is 2.83 bits per heavy atom. The zero-order chi connectivity index (χ0) is 17.3. The number of pyridine rings is 1. The number of aryl methyl sites for hydroxylation is 1. The summed E-state index contributed by atoms with van der Waals surface area (Å²) >= 11 is 0. The third kappa shape index (κ3) is 3.20. The van der Waals surface area contributed by atoms with Crippen LogP contribution in [0.5, 0.6) is 0 Å². The molecule has 0 saturated carbocycles. The lowest BCUT2D eigenvalue weighted by atomic mass is 9.97. The Balaban J connectivity index is 1.84. The SMILES string of the molecule is Cc1ccc(C#N)c(N2CCCC(c3ncc(C(F)(F)F)[nH]3)C2)n1. The molecule has 1 fully saturated rings. The van der Waals surface area contributed by atoms with Crippen molar-refractivity contribution < 1.29 is 13.2 Å². The summed E-state index contributed by atoms with van der Waals surface area (Å²) < 4.78 is 38.2. The summed E-state index contributed by atoms with van der Waals surface area (Å²) in [4.78, 5) is 12.7. The van der Waals surface area contributed by atoms with Gasteiger partial charge in [-0.3, -0.25) is 0 Å². The number of rotatable bonds is 2. The van der Waals surface area contributed by atoms with Crippen LogP contribution in [0.15, 0.2) is 18.3 Å². The molecule has 1 unspecified atom stereocenters. The van der Waals surface area contributed by atoms with Crippen LogP contribution in [0.1, 0.15) is 41.5 Å². The van der Waals surface area contributed by atoms with Crippen molar-refractivity contribution >= 4 is 5.82 Å². The minimum Gasteiger partial charge on any atom is -0.355 e. The van der Waals surface area contributed by atoms with Crippen molar-refractivity contribution in [2.75, 3.05) is 18.0 Å². The highest BCUT2D eigenvalue weighted by Crippen LogP contribution is 2.32. The minimum absolute atomic E-state index is 0.149. The first-order valence-electron chi connectivity index (χ1n) is 7.63. The number of piperidine rings is 1. The molecule has 0 aliphatic carbocycles. The first-order chi connectivity index (χ1) is 11.4. The molecule has 1 aliphatic rings. The number of halogens is 3. The highest BCUT2D eigenvalue weighted by atomic mass is 19.4. The van der Waals surface area contributed by atoms with Crippen molar-refractivity contribution in [3.05, 3.63) is 41.1 Å². The molecular weight excluding hydrogens is 319 g/mol. The van der Waals surface area contributed by atoms with Crippen LogP contribution in [-0.2, 0) is 6.18 Å². The lowest BCUT2D eigenvalue weighted by molar-refractivity contribution is -0.141. The Morgan fingerprint density at radius 2 is 2.17 bits per heavy atom. The van der Waals surface area contributed by atoms with E-state index in [9.17, 15) is 18.4 Å². The number of hydrogen-bond acceptors (Lipinski definition) is 4. The Bertz CT molecular complexity index is 775. The number of anilines is 1. The molecular formula is C16H16F3N5. The van der Waals surface area contributed by atoms with Crippen molar-refractivity contribution in [1.29, 1.82) is 5.26 Å². The smallest absolute Gasteiger partial charge is 0.355 e. The van der Waals surface area contributed by atoms with Gasteiger partial charge in [-0.05, 0) is 31.9 Å².